The van der Waals surface area contributed by atoms with Gasteiger partial charge in [-0.25, -0.2) is 8.42 Å². The molecule has 1 aromatic carbocycles. The van der Waals surface area contributed by atoms with Crippen molar-refractivity contribution in [2.24, 2.45) is 0 Å². The third kappa shape index (κ3) is 4.68. The molecule has 7 heteroatoms. The summed E-state index contributed by atoms with van der Waals surface area (Å²) in [5.74, 6) is 0.671. The predicted octanol–water partition coefficient (Wildman–Crippen LogP) is 0.908. The molecule has 2 aliphatic rings. The molecule has 0 spiro atoms. The Balaban J connectivity index is 1.39. The quantitative estimate of drug-likeness (QED) is 0.799. The van der Waals surface area contributed by atoms with Crippen LogP contribution in [0.2, 0.25) is 0 Å². The average molecular weight is 368 g/mol. The largest absolute Gasteiger partial charge is 0.362 e. The molecule has 0 amide bonds. The summed E-state index contributed by atoms with van der Waals surface area (Å²) in [7, 11) is -2.81. The fourth-order valence-corrected chi connectivity index (χ4v) is 5.47. The highest BCUT2D eigenvalue weighted by atomic mass is 32.2. The molecule has 0 aliphatic carbocycles. The van der Waals surface area contributed by atoms with E-state index in [0.29, 0.717) is 11.5 Å². The third-order valence-corrected chi connectivity index (χ3v) is 7.01. The van der Waals surface area contributed by atoms with Crippen LogP contribution >= 0.6 is 12.2 Å². The number of hydrogen-bond donors (Lipinski definition) is 1. The van der Waals surface area contributed by atoms with Crippen LogP contribution in [0.4, 0.5) is 0 Å². The van der Waals surface area contributed by atoms with E-state index in [4.69, 9.17) is 12.2 Å². The van der Waals surface area contributed by atoms with Crippen molar-refractivity contribution >= 4 is 27.2 Å². The number of rotatable bonds is 4. The SMILES string of the molecule is O=S1(=O)CC[C@H](N2CCN(C(=S)NCCc3ccccc3)CC2)C1. The van der Waals surface area contributed by atoms with E-state index in [9.17, 15) is 8.42 Å². The molecule has 0 aromatic heterocycles. The van der Waals surface area contributed by atoms with Gasteiger partial charge in [0.1, 0.15) is 0 Å². The van der Waals surface area contributed by atoms with Gasteiger partial charge in [-0.05, 0) is 30.6 Å². The molecule has 1 N–H and O–H groups in total. The van der Waals surface area contributed by atoms with Crippen LogP contribution in [0.25, 0.3) is 0 Å². The van der Waals surface area contributed by atoms with Crippen LogP contribution in [-0.2, 0) is 16.3 Å². The number of piperazine rings is 1. The number of thiocarbonyl (C=S) groups is 1. The Bertz CT molecular complexity index is 656. The first-order valence-electron chi connectivity index (χ1n) is 8.55. The van der Waals surface area contributed by atoms with Gasteiger partial charge in [0.15, 0.2) is 14.9 Å². The molecule has 2 fully saturated rings. The van der Waals surface area contributed by atoms with Gasteiger partial charge in [0.05, 0.1) is 11.5 Å². The van der Waals surface area contributed by atoms with Crippen molar-refractivity contribution in [3.63, 3.8) is 0 Å². The van der Waals surface area contributed by atoms with Crippen LogP contribution in [-0.4, -0.2) is 73.6 Å². The Hall–Kier alpha value is -1.18. The maximum absolute atomic E-state index is 11.6. The van der Waals surface area contributed by atoms with Crippen molar-refractivity contribution in [2.75, 3.05) is 44.2 Å². The van der Waals surface area contributed by atoms with Gasteiger partial charge in [-0.1, -0.05) is 30.3 Å². The van der Waals surface area contributed by atoms with Gasteiger partial charge in [0.2, 0.25) is 0 Å². The van der Waals surface area contributed by atoms with E-state index < -0.39 is 9.84 Å². The summed E-state index contributed by atoms with van der Waals surface area (Å²) in [6, 6.07) is 10.6. The maximum atomic E-state index is 11.6. The Kier molecular flexibility index (Phi) is 5.73. The van der Waals surface area contributed by atoms with Gasteiger partial charge in [0.25, 0.3) is 0 Å². The van der Waals surface area contributed by atoms with E-state index >= 15 is 0 Å². The zero-order valence-electron chi connectivity index (χ0n) is 13.9. The molecular formula is C17H25N3O2S2. The molecule has 0 bridgehead atoms. The van der Waals surface area contributed by atoms with E-state index in [1.54, 1.807) is 0 Å². The molecule has 0 saturated carbocycles. The second kappa shape index (κ2) is 7.80. The molecule has 2 saturated heterocycles. The van der Waals surface area contributed by atoms with Gasteiger partial charge in [-0.2, -0.15) is 0 Å². The smallest absolute Gasteiger partial charge is 0.169 e. The summed E-state index contributed by atoms with van der Waals surface area (Å²) in [4.78, 5) is 4.51. The molecule has 3 rings (SSSR count). The summed E-state index contributed by atoms with van der Waals surface area (Å²) >= 11 is 5.50. The lowest BCUT2D eigenvalue weighted by Gasteiger charge is -2.38. The van der Waals surface area contributed by atoms with Crippen molar-refractivity contribution in [3.05, 3.63) is 35.9 Å². The molecule has 1 aromatic rings. The molecule has 2 aliphatic heterocycles. The minimum atomic E-state index is -2.81. The van der Waals surface area contributed by atoms with Gasteiger partial charge >= 0.3 is 0 Å². The van der Waals surface area contributed by atoms with Crippen LogP contribution in [0, 0.1) is 0 Å². The standard InChI is InChI=1S/C17H25N3O2S2/c21-24(22)13-7-16(14-24)19-9-11-20(12-10-19)17(23)18-8-6-15-4-2-1-3-5-15/h1-5,16H,6-14H2,(H,18,23)/t16-/m0/s1. The highest BCUT2D eigenvalue weighted by Crippen LogP contribution is 2.19. The molecule has 0 radical (unpaired) electrons. The second-order valence-corrected chi connectivity index (χ2v) is 9.16. The Morgan fingerprint density at radius 3 is 2.50 bits per heavy atom. The summed E-state index contributed by atoms with van der Waals surface area (Å²) in [5.41, 5.74) is 1.31. The number of benzene rings is 1. The monoisotopic (exact) mass is 367 g/mol. The topological polar surface area (TPSA) is 52.7 Å². The van der Waals surface area contributed by atoms with E-state index in [1.165, 1.54) is 5.56 Å². The summed E-state index contributed by atoms with van der Waals surface area (Å²) in [6.45, 7) is 4.35. The third-order valence-electron chi connectivity index (χ3n) is 4.86. The van der Waals surface area contributed by atoms with Crippen molar-refractivity contribution in [3.8, 4) is 0 Å². The van der Waals surface area contributed by atoms with Crippen LogP contribution in [0.1, 0.15) is 12.0 Å². The maximum Gasteiger partial charge on any atom is 0.169 e. The molecule has 5 nitrogen and oxygen atoms in total. The molecule has 1 atom stereocenters. The van der Waals surface area contributed by atoms with Gasteiger partial charge in [-0.3, -0.25) is 4.90 Å². The number of nitrogens with zero attached hydrogens (tertiary/aromatic N) is 2. The number of nitrogens with one attached hydrogen (secondary N) is 1. The summed E-state index contributed by atoms with van der Waals surface area (Å²) in [6.07, 6.45) is 1.74. The summed E-state index contributed by atoms with van der Waals surface area (Å²) in [5, 5.41) is 4.15. The first-order chi connectivity index (χ1) is 11.5. The first-order valence-corrected chi connectivity index (χ1v) is 10.8. The fourth-order valence-electron chi connectivity index (χ4n) is 3.42. The second-order valence-electron chi connectivity index (χ2n) is 6.55. The van der Waals surface area contributed by atoms with Crippen molar-refractivity contribution in [1.29, 1.82) is 0 Å². The molecule has 0 unspecified atom stereocenters. The lowest BCUT2D eigenvalue weighted by atomic mass is 10.1. The minimum Gasteiger partial charge on any atom is -0.362 e. The normalized spacial score (nSPS) is 24.0. The van der Waals surface area contributed by atoms with E-state index in [2.05, 4.69) is 39.4 Å². The highest BCUT2D eigenvalue weighted by molar-refractivity contribution is 7.91. The Morgan fingerprint density at radius 2 is 1.88 bits per heavy atom. The summed E-state index contributed by atoms with van der Waals surface area (Å²) < 4.78 is 23.2. The highest BCUT2D eigenvalue weighted by Gasteiger charge is 2.33. The Labute approximate surface area is 149 Å². The van der Waals surface area contributed by atoms with Crippen LogP contribution in [0.5, 0.6) is 0 Å². The predicted molar refractivity (Wildman–Crippen MR) is 101 cm³/mol. The van der Waals surface area contributed by atoms with E-state index in [1.807, 2.05) is 6.07 Å². The zero-order chi connectivity index (χ0) is 17.0. The zero-order valence-corrected chi connectivity index (χ0v) is 15.5. The van der Waals surface area contributed by atoms with E-state index in [0.717, 1.165) is 50.7 Å². The average Bonchev–Trinajstić information content (AvgIpc) is 2.96. The first kappa shape index (κ1) is 17.6. The molecule has 132 valence electrons. The van der Waals surface area contributed by atoms with Crippen molar-refractivity contribution in [1.82, 2.24) is 15.1 Å². The lowest BCUT2D eigenvalue weighted by molar-refractivity contribution is 0.142. The van der Waals surface area contributed by atoms with Crippen LogP contribution in [0.3, 0.4) is 0 Å². The number of sulfone groups is 1. The van der Waals surface area contributed by atoms with Crippen molar-refractivity contribution in [2.45, 2.75) is 18.9 Å². The van der Waals surface area contributed by atoms with E-state index in [-0.39, 0.29) is 6.04 Å². The number of hydrogen-bond acceptors (Lipinski definition) is 4. The van der Waals surface area contributed by atoms with Gasteiger partial charge < -0.3 is 10.2 Å². The molecule has 24 heavy (non-hydrogen) atoms. The lowest BCUT2D eigenvalue weighted by Crippen LogP contribution is -2.54. The molecular weight excluding hydrogens is 342 g/mol. The fraction of sp³-hybridized carbons (Fsp3) is 0.588. The van der Waals surface area contributed by atoms with Gasteiger partial charge in [0, 0.05) is 38.8 Å². The van der Waals surface area contributed by atoms with Crippen molar-refractivity contribution < 1.29 is 8.42 Å². The molecule has 2 heterocycles. The van der Waals surface area contributed by atoms with Gasteiger partial charge in [-0.15, -0.1) is 0 Å². The van der Waals surface area contributed by atoms with Crippen LogP contribution < -0.4 is 5.32 Å². The Morgan fingerprint density at radius 1 is 1.17 bits per heavy atom. The minimum absolute atomic E-state index is 0.205. The van der Waals surface area contributed by atoms with Crippen LogP contribution in [0.15, 0.2) is 30.3 Å².